The summed E-state index contributed by atoms with van der Waals surface area (Å²) in [7, 11) is 0. The number of benzene rings is 1. The molecule has 2 rings (SSSR count). The van der Waals surface area contributed by atoms with Crippen LogP contribution in [0.5, 0.6) is 0 Å². The number of nitrogens with one attached hydrogen (secondary N) is 1. The Bertz CT molecular complexity index is 396. The fraction of sp³-hybridized carbons (Fsp3) is 0.625. The van der Waals surface area contributed by atoms with Crippen molar-refractivity contribution in [3.8, 4) is 0 Å². The Morgan fingerprint density at radius 2 is 2.00 bits per heavy atom. The third kappa shape index (κ3) is 4.02. The first-order chi connectivity index (χ1) is 9.18. The molecule has 3 heteroatoms. The maximum atomic E-state index is 13.6. The summed E-state index contributed by atoms with van der Waals surface area (Å²) in [5.41, 5.74) is 0.385. The van der Waals surface area contributed by atoms with E-state index >= 15 is 0 Å². The molecule has 1 aromatic carbocycles. The molecule has 1 fully saturated rings. The minimum atomic E-state index is -0.767. The maximum Gasteiger partial charge on any atom is 0.129 e. The van der Waals surface area contributed by atoms with Crippen LogP contribution in [0.15, 0.2) is 24.3 Å². The summed E-state index contributed by atoms with van der Waals surface area (Å²) in [6.07, 6.45) is 5.49. The summed E-state index contributed by atoms with van der Waals surface area (Å²) in [4.78, 5) is 0. The maximum absolute atomic E-state index is 13.6. The monoisotopic (exact) mass is 265 g/mol. The van der Waals surface area contributed by atoms with Gasteiger partial charge in [0.05, 0.1) is 6.10 Å². The predicted molar refractivity (Wildman–Crippen MR) is 75.4 cm³/mol. The van der Waals surface area contributed by atoms with E-state index in [1.54, 1.807) is 18.2 Å². The van der Waals surface area contributed by atoms with Crippen molar-refractivity contribution in [3.63, 3.8) is 0 Å². The third-order valence-corrected chi connectivity index (χ3v) is 4.20. The van der Waals surface area contributed by atoms with Crippen LogP contribution < -0.4 is 5.32 Å². The minimum Gasteiger partial charge on any atom is -0.387 e. The van der Waals surface area contributed by atoms with Crippen molar-refractivity contribution in [2.24, 2.45) is 5.92 Å². The van der Waals surface area contributed by atoms with Gasteiger partial charge in [0, 0.05) is 18.2 Å². The molecule has 0 amide bonds. The lowest BCUT2D eigenvalue weighted by molar-refractivity contribution is 0.159. The Morgan fingerprint density at radius 1 is 1.26 bits per heavy atom. The van der Waals surface area contributed by atoms with E-state index in [4.69, 9.17) is 0 Å². The van der Waals surface area contributed by atoms with Crippen LogP contribution in [0.1, 0.15) is 50.7 Å². The van der Waals surface area contributed by atoms with Crippen LogP contribution in [0, 0.1) is 11.7 Å². The van der Waals surface area contributed by atoms with Gasteiger partial charge in [-0.3, -0.25) is 0 Å². The molecule has 0 bridgehead atoms. The molecule has 3 atom stereocenters. The van der Waals surface area contributed by atoms with Gasteiger partial charge in [-0.05, 0) is 24.8 Å². The molecule has 0 heterocycles. The van der Waals surface area contributed by atoms with Crippen LogP contribution in [0.25, 0.3) is 0 Å². The number of aliphatic hydroxyl groups excluding tert-OH is 1. The van der Waals surface area contributed by atoms with Gasteiger partial charge in [-0.2, -0.15) is 0 Å². The quantitative estimate of drug-likeness (QED) is 0.818. The highest BCUT2D eigenvalue weighted by molar-refractivity contribution is 5.20. The lowest BCUT2D eigenvalue weighted by atomic mass is 9.96. The van der Waals surface area contributed by atoms with Crippen LogP contribution >= 0.6 is 0 Å². The molecule has 3 unspecified atom stereocenters. The number of hydrogen-bond acceptors (Lipinski definition) is 2. The van der Waals surface area contributed by atoms with Crippen molar-refractivity contribution in [2.45, 2.75) is 51.2 Å². The van der Waals surface area contributed by atoms with Crippen molar-refractivity contribution in [1.82, 2.24) is 5.32 Å². The van der Waals surface area contributed by atoms with Gasteiger partial charge in [-0.1, -0.05) is 44.4 Å². The van der Waals surface area contributed by atoms with E-state index < -0.39 is 6.10 Å². The Balaban J connectivity index is 1.89. The molecule has 0 radical (unpaired) electrons. The number of halogens is 1. The van der Waals surface area contributed by atoms with Gasteiger partial charge in [0.2, 0.25) is 0 Å². The molecule has 2 nitrogen and oxygen atoms in total. The van der Waals surface area contributed by atoms with Crippen LogP contribution in [0.3, 0.4) is 0 Å². The lowest BCUT2D eigenvalue weighted by Crippen LogP contribution is -2.37. The molecule has 0 saturated heterocycles. The van der Waals surface area contributed by atoms with E-state index in [9.17, 15) is 9.50 Å². The summed E-state index contributed by atoms with van der Waals surface area (Å²) < 4.78 is 13.6. The Labute approximate surface area is 115 Å². The summed E-state index contributed by atoms with van der Waals surface area (Å²) in [5.74, 6) is 0.307. The van der Waals surface area contributed by atoms with E-state index in [-0.39, 0.29) is 5.82 Å². The zero-order valence-corrected chi connectivity index (χ0v) is 11.6. The first kappa shape index (κ1) is 14.5. The second kappa shape index (κ2) is 7.01. The van der Waals surface area contributed by atoms with Gasteiger partial charge in [-0.15, -0.1) is 0 Å². The molecule has 19 heavy (non-hydrogen) atoms. The van der Waals surface area contributed by atoms with Gasteiger partial charge < -0.3 is 10.4 Å². The number of aliphatic hydroxyl groups is 1. The summed E-state index contributed by atoms with van der Waals surface area (Å²) in [5, 5.41) is 13.5. The zero-order chi connectivity index (χ0) is 13.7. The van der Waals surface area contributed by atoms with E-state index in [2.05, 4.69) is 12.2 Å². The second-order valence-corrected chi connectivity index (χ2v) is 5.67. The van der Waals surface area contributed by atoms with E-state index in [0.717, 1.165) is 6.42 Å². The molecule has 1 saturated carbocycles. The largest absolute Gasteiger partial charge is 0.387 e. The van der Waals surface area contributed by atoms with E-state index in [1.807, 2.05) is 0 Å². The normalized spacial score (nSPS) is 25.8. The van der Waals surface area contributed by atoms with Crippen molar-refractivity contribution in [3.05, 3.63) is 35.6 Å². The first-order valence-electron chi connectivity index (χ1n) is 7.34. The SMILES string of the molecule is CC1CCCCCC1NCC(O)c1ccccc1F. The lowest BCUT2D eigenvalue weighted by Gasteiger charge is -2.24. The van der Waals surface area contributed by atoms with Crippen molar-refractivity contribution < 1.29 is 9.50 Å². The number of hydrogen-bond donors (Lipinski definition) is 2. The van der Waals surface area contributed by atoms with Crippen LogP contribution in [-0.2, 0) is 0 Å². The predicted octanol–water partition coefficient (Wildman–Crippen LogP) is 3.42. The van der Waals surface area contributed by atoms with Crippen LogP contribution in [-0.4, -0.2) is 17.7 Å². The molecule has 1 aromatic rings. The fourth-order valence-electron chi connectivity index (χ4n) is 2.91. The van der Waals surface area contributed by atoms with Gasteiger partial charge in [0.1, 0.15) is 5.82 Å². The van der Waals surface area contributed by atoms with E-state index in [0.29, 0.717) is 24.1 Å². The molecular weight excluding hydrogens is 241 g/mol. The zero-order valence-electron chi connectivity index (χ0n) is 11.6. The molecule has 0 aromatic heterocycles. The highest BCUT2D eigenvalue weighted by Crippen LogP contribution is 2.24. The molecule has 0 spiro atoms. The minimum absolute atomic E-state index is 0.328. The molecule has 1 aliphatic carbocycles. The Kier molecular flexibility index (Phi) is 5.34. The van der Waals surface area contributed by atoms with Crippen LogP contribution in [0.4, 0.5) is 4.39 Å². The van der Waals surface area contributed by atoms with Gasteiger partial charge in [-0.25, -0.2) is 4.39 Å². The fourth-order valence-corrected chi connectivity index (χ4v) is 2.91. The average molecular weight is 265 g/mol. The molecule has 106 valence electrons. The smallest absolute Gasteiger partial charge is 0.129 e. The summed E-state index contributed by atoms with van der Waals surface area (Å²) in [6.45, 7) is 2.69. The summed E-state index contributed by atoms with van der Waals surface area (Å²) >= 11 is 0. The van der Waals surface area contributed by atoms with Crippen molar-refractivity contribution >= 4 is 0 Å². The highest BCUT2D eigenvalue weighted by atomic mass is 19.1. The van der Waals surface area contributed by atoms with E-state index in [1.165, 1.54) is 31.7 Å². The molecular formula is C16H24FNO. The third-order valence-electron chi connectivity index (χ3n) is 4.20. The van der Waals surface area contributed by atoms with Crippen LogP contribution in [0.2, 0.25) is 0 Å². The Hall–Kier alpha value is -0.930. The van der Waals surface area contributed by atoms with Gasteiger partial charge >= 0.3 is 0 Å². The first-order valence-corrected chi connectivity index (χ1v) is 7.34. The number of rotatable bonds is 4. The summed E-state index contributed by atoms with van der Waals surface area (Å²) in [6, 6.07) is 6.90. The topological polar surface area (TPSA) is 32.3 Å². The van der Waals surface area contributed by atoms with Gasteiger partial charge in [0.25, 0.3) is 0 Å². The standard InChI is InChI=1S/C16H24FNO/c1-12-7-3-2-4-10-15(12)18-11-16(19)13-8-5-6-9-14(13)17/h5-6,8-9,12,15-16,18-19H,2-4,7,10-11H2,1H3. The molecule has 0 aliphatic heterocycles. The highest BCUT2D eigenvalue weighted by Gasteiger charge is 2.21. The van der Waals surface area contributed by atoms with Crippen molar-refractivity contribution in [2.75, 3.05) is 6.54 Å². The average Bonchev–Trinajstić information content (AvgIpc) is 2.61. The van der Waals surface area contributed by atoms with Gasteiger partial charge in [0.15, 0.2) is 0 Å². The van der Waals surface area contributed by atoms with Crippen molar-refractivity contribution in [1.29, 1.82) is 0 Å². The second-order valence-electron chi connectivity index (χ2n) is 5.67. The molecule has 1 aliphatic rings. The molecule has 2 N–H and O–H groups in total. The Morgan fingerprint density at radius 3 is 2.79 bits per heavy atom.